The Morgan fingerprint density at radius 2 is 1.45 bits per heavy atom. The lowest BCUT2D eigenvalue weighted by molar-refractivity contribution is 0.175. The first kappa shape index (κ1) is 14.5. The Balaban J connectivity index is 2.28. The highest BCUT2D eigenvalue weighted by Crippen LogP contribution is 2.24. The number of aliphatic hydroxyl groups excluding tert-OH is 1. The van der Waals surface area contributed by atoms with Gasteiger partial charge in [0.15, 0.2) is 29.1 Å². The minimum Gasteiger partial charge on any atom is -0.388 e. The predicted octanol–water partition coefficient (Wildman–Crippen LogP) is 3.66. The smallest absolute Gasteiger partial charge is 0.194 e. The molecule has 0 amide bonds. The second kappa shape index (κ2) is 5.58. The monoisotopic (exact) mass is 288 g/mol. The number of rotatable bonds is 3. The minimum absolute atomic E-state index is 0.150. The Kier molecular flexibility index (Phi) is 4.04. The van der Waals surface area contributed by atoms with Crippen molar-refractivity contribution in [1.29, 1.82) is 0 Å². The van der Waals surface area contributed by atoms with Crippen molar-refractivity contribution in [2.75, 3.05) is 0 Å². The molecule has 0 saturated carbocycles. The third kappa shape index (κ3) is 2.80. The van der Waals surface area contributed by atoms with Crippen molar-refractivity contribution in [3.05, 3.63) is 70.5 Å². The molecule has 0 heterocycles. The van der Waals surface area contributed by atoms with Crippen LogP contribution in [0.1, 0.15) is 17.2 Å². The fourth-order valence-corrected chi connectivity index (χ4v) is 1.80. The molecule has 106 valence electrons. The van der Waals surface area contributed by atoms with E-state index in [0.29, 0.717) is 12.1 Å². The van der Waals surface area contributed by atoms with Crippen LogP contribution < -0.4 is 0 Å². The topological polar surface area (TPSA) is 20.2 Å². The van der Waals surface area contributed by atoms with E-state index in [2.05, 4.69) is 0 Å². The van der Waals surface area contributed by atoms with Crippen molar-refractivity contribution in [3.8, 4) is 0 Å². The highest BCUT2D eigenvalue weighted by atomic mass is 19.2. The normalized spacial score (nSPS) is 12.5. The molecule has 0 bridgehead atoms. The minimum atomic E-state index is -1.65. The summed E-state index contributed by atoms with van der Waals surface area (Å²) in [6.07, 6.45) is -1.88. The van der Waals surface area contributed by atoms with Crippen molar-refractivity contribution >= 4 is 0 Å². The summed E-state index contributed by atoms with van der Waals surface area (Å²) in [5, 5.41) is 9.78. The molecular formula is C14H9F5O. The molecule has 0 fully saturated rings. The number of benzene rings is 2. The van der Waals surface area contributed by atoms with E-state index in [1.807, 2.05) is 0 Å². The van der Waals surface area contributed by atoms with E-state index >= 15 is 0 Å². The summed E-state index contributed by atoms with van der Waals surface area (Å²) in [4.78, 5) is 0. The Hall–Kier alpha value is -1.95. The van der Waals surface area contributed by atoms with Crippen LogP contribution in [0.3, 0.4) is 0 Å². The van der Waals surface area contributed by atoms with E-state index in [4.69, 9.17) is 0 Å². The molecule has 1 nitrogen and oxygen atoms in total. The van der Waals surface area contributed by atoms with Gasteiger partial charge in [0, 0.05) is 6.42 Å². The number of aliphatic hydroxyl groups is 1. The molecule has 0 aliphatic rings. The van der Waals surface area contributed by atoms with E-state index < -0.39 is 41.6 Å². The van der Waals surface area contributed by atoms with E-state index in [-0.39, 0.29) is 11.1 Å². The standard InChI is InChI=1S/C14H9F5O/c15-9-3-1-2-7(13(9)18)6-12(20)8-4-10(16)14(19)11(17)5-8/h1-5,12,20H,6H2. The lowest BCUT2D eigenvalue weighted by atomic mass is 10.0. The van der Waals surface area contributed by atoms with Crippen molar-refractivity contribution in [2.45, 2.75) is 12.5 Å². The van der Waals surface area contributed by atoms with E-state index in [0.717, 1.165) is 6.07 Å². The summed E-state index contributed by atoms with van der Waals surface area (Å²) in [6, 6.07) is 4.60. The van der Waals surface area contributed by atoms with Crippen LogP contribution in [0.2, 0.25) is 0 Å². The summed E-state index contributed by atoms with van der Waals surface area (Å²) in [6.45, 7) is 0. The van der Waals surface area contributed by atoms with Crippen LogP contribution in [-0.2, 0) is 6.42 Å². The number of hydrogen-bond acceptors (Lipinski definition) is 1. The van der Waals surface area contributed by atoms with Crippen LogP contribution in [-0.4, -0.2) is 5.11 Å². The van der Waals surface area contributed by atoms with Crippen LogP contribution in [0.15, 0.2) is 30.3 Å². The number of halogens is 5. The van der Waals surface area contributed by atoms with Crippen molar-refractivity contribution in [1.82, 2.24) is 0 Å². The van der Waals surface area contributed by atoms with Crippen LogP contribution in [0.5, 0.6) is 0 Å². The quantitative estimate of drug-likeness (QED) is 0.675. The molecule has 2 rings (SSSR count). The first-order chi connectivity index (χ1) is 9.40. The molecule has 20 heavy (non-hydrogen) atoms. The van der Waals surface area contributed by atoms with E-state index in [9.17, 15) is 27.1 Å². The summed E-state index contributed by atoms with van der Waals surface area (Å²) >= 11 is 0. The van der Waals surface area contributed by atoms with Gasteiger partial charge in [-0.05, 0) is 29.3 Å². The molecule has 0 spiro atoms. The fourth-order valence-electron chi connectivity index (χ4n) is 1.80. The van der Waals surface area contributed by atoms with Crippen LogP contribution in [0.25, 0.3) is 0 Å². The highest BCUT2D eigenvalue weighted by molar-refractivity contribution is 5.25. The molecule has 0 aliphatic heterocycles. The Bertz CT molecular complexity index is 618. The largest absolute Gasteiger partial charge is 0.388 e. The van der Waals surface area contributed by atoms with E-state index in [1.165, 1.54) is 12.1 Å². The van der Waals surface area contributed by atoms with Gasteiger partial charge in [0.1, 0.15) is 0 Å². The summed E-state index contributed by atoms with van der Waals surface area (Å²) < 4.78 is 65.2. The van der Waals surface area contributed by atoms with Gasteiger partial charge in [0.2, 0.25) is 0 Å². The van der Waals surface area contributed by atoms with Crippen molar-refractivity contribution in [2.24, 2.45) is 0 Å². The zero-order valence-corrected chi connectivity index (χ0v) is 10.0. The van der Waals surface area contributed by atoms with Gasteiger partial charge in [-0.2, -0.15) is 0 Å². The molecule has 0 radical (unpaired) electrons. The van der Waals surface area contributed by atoms with Crippen molar-refractivity contribution in [3.63, 3.8) is 0 Å². The average molecular weight is 288 g/mol. The second-order valence-electron chi connectivity index (χ2n) is 4.23. The second-order valence-corrected chi connectivity index (χ2v) is 4.23. The highest BCUT2D eigenvalue weighted by Gasteiger charge is 2.18. The van der Waals surface area contributed by atoms with Gasteiger partial charge in [-0.3, -0.25) is 0 Å². The first-order valence-corrected chi connectivity index (χ1v) is 5.65. The molecule has 0 saturated heterocycles. The predicted molar refractivity (Wildman–Crippen MR) is 61.3 cm³/mol. The summed E-state index contributed by atoms with van der Waals surface area (Å²) in [7, 11) is 0. The lowest BCUT2D eigenvalue weighted by Gasteiger charge is -2.12. The molecule has 2 aromatic rings. The molecule has 0 aliphatic carbocycles. The molecule has 1 N–H and O–H groups in total. The Labute approximate surface area is 111 Å². The maximum Gasteiger partial charge on any atom is 0.194 e. The maximum atomic E-state index is 13.4. The third-order valence-corrected chi connectivity index (χ3v) is 2.84. The van der Waals surface area contributed by atoms with Crippen LogP contribution in [0, 0.1) is 29.1 Å². The maximum absolute atomic E-state index is 13.4. The van der Waals surface area contributed by atoms with Gasteiger partial charge in [-0.15, -0.1) is 0 Å². The molecular weight excluding hydrogens is 279 g/mol. The van der Waals surface area contributed by atoms with Gasteiger partial charge in [0.05, 0.1) is 6.10 Å². The van der Waals surface area contributed by atoms with Crippen LogP contribution >= 0.6 is 0 Å². The summed E-state index contributed by atoms with van der Waals surface area (Å²) in [5.74, 6) is -6.81. The molecule has 1 atom stereocenters. The fraction of sp³-hybridized carbons (Fsp3) is 0.143. The molecule has 2 aromatic carbocycles. The van der Waals surface area contributed by atoms with Crippen LogP contribution in [0.4, 0.5) is 22.0 Å². The molecule has 0 aromatic heterocycles. The zero-order valence-electron chi connectivity index (χ0n) is 10.0. The van der Waals surface area contributed by atoms with E-state index in [1.54, 1.807) is 0 Å². The van der Waals surface area contributed by atoms with Gasteiger partial charge < -0.3 is 5.11 Å². The van der Waals surface area contributed by atoms with Crippen molar-refractivity contribution < 1.29 is 27.1 Å². The molecule has 6 heteroatoms. The zero-order chi connectivity index (χ0) is 14.9. The SMILES string of the molecule is OC(Cc1cccc(F)c1F)c1cc(F)c(F)c(F)c1. The molecule has 1 unspecified atom stereocenters. The van der Waals surface area contributed by atoms with Gasteiger partial charge >= 0.3 is 0 Å². The summed E-state index contributed by atoms with van der Waals surface area (Å²) in [5.41, 5.74) is -0.410. The number of hydrogen-bond donors (Lipinski definition) is 1. The Morgan fingerprint density at radius 1 is 0.850 bits per heavy atom. The third-order valence-electron chi connectivity index (χ3n) is 2.84. The van der Waals surface area contributed by atoms with Gasteiger partial charge in [-0.1, -0.05) is 12.1 Å². The van der Waals surface area contributed by atoms with Gasteiger partial charge in [-0.25, -0.2) is 22.0 Å². The average Bonchev–Trinajstić information content (AvgIpc) is 2.40. The lowest BCUT2D eigenvalue weighted by Crippen LogP contribution is -2.06. The first-order valence-electron chi connectivity index (χ1n) is 5.65. The van der Waals surface area contributed by atoms with Gasteiger partial charge in [0.25, 0.3) is 0 Å². The Morgan fingerprint density at radius 3 is 2.05 bits per heavy atom.